The number of hydrogen-bond acceptors (Lipinski definition) is 6. The first-order valence-electron chi connectivity index (χ1n) is 7.59. The Morgan fingerprint density at radius 3 is 1.29 bits per heavy atom. The van der Waals surface area contributed by atoms with Crippen molar-refractivity contribution < 1.29 is 38.9 Å². The Balaban J connectivity index is 2.27. The molecule has 2 N–H and O–H groups in total. The number of carbonyl (C=O) groups is 4. The van der Waals surface area contributed by atoms with Gasteiger partial charge >= 0.3 is 23.9 Å². The quantitative estimate of drug-likeness (QED) is 0.646. The fraction of sp³-hybridized carbons (Fsp3) is 0.111. The molecule has 10 heteroatoms. The van der Waals surface area contributed by atoms with E-state index in [0.29, 0.717) is 0 Å². The summed E-state index contributed by atoms with van der Waals surface area (Å²) in [4.78, 5) is 47.4. The van der Waals surface area contributed by atoms with Gasteiger partial charge in [-0.2, -0.15) is 0 Å². The van der Waals surface area contributed by atoms with E-state index in [2.05, 4.69) is 0 Å². The SMILES string of the molecule is O=C(OC(C(=O)O)C(OC(=O)c1ccccc1Cl)C(=O)O)c1ccccc1Cl. The maximum absolute atomic E-state index is 12.2. The zero-order valence-corrected chi connectivity index (χ0v) is 15.4. The Kier molecular flexibility index (Phi) is 6.97. The summed E-state index contributed by atoms with van der Waals surface area (Å²) in [5.41, 5.74) is -0.367. The van der Waals surface area contributed by atoms with Crippen molar-refractivity contribution in [1.29, 1.82) is 0 Å². The van der Waals surface area contributed by atoms with Crippen molar-refractivity contribution >= 4 is 47.1 Å². The number of ether oxygens (including phenoxy) is 2. The van der Waals surface area contributed by atoms with Crippen molar-refractivity contribution in [3.8, 4) is 0 Å². The predicted molar refractivity (Wildman–Crippen MR) is 96.6 cm³/mol. The molecule has 0 aromatic heterocycles. The Labute approximate surface area is 168 Å². The highest BCUT2D eigenvalue weighted by Gasteiger charge is 2.41. The van der Waals surface area contributed by atoms with E-state index in [1.807, 2.05) is 0 Å². The average molecular weight is 427 g/mol. The van der Waals surface area contributed by atoms with E-state index in [4.69, 9.17) is 32.7 Å². The van der Waals surface area contributed by atoms with Crippen LogP contribution in [0.3, 0.4) is 0 Å². The Hall–Kier alpha value is -3.10. The molecule has 2 unspecified atom stereocenters. The molecule has 28 heavy (non-hydrogen) atoms. The fourth-order valence-electron chi connectivity index (χ4n) is 2.09. The van der Waals surface area contributed by atoms with E-state index in [0.717, 1.165) is 0 Å². The lowest BCUT2D eigenvalue weighted by Gasteiger charge is -2.21. The van der Waals surface area contributed by atoms with Crippen LogP contribution in [-0.2, 0) is 19.1 Å². The third kappa shape index (κ3) is 4.99. The monoisotopic (exact) mass is 426 g/mol. The molecule has 0 saturated carbocycles. The number of aliphatic carboxylic acids is 2. The van der Waals surface area contributed by atoms with Gasteiger partial charge < -0.3 is 19.7 Å². The first-order chi connectivity index (χ1) is 13.2. The van der Waals surface area contributed by atoms with Gasteiger partial charge in [0.05, 0.1) is 21.2 Å². The highest BCUT2D eigenvalue weighted by molar-refractivity contribution is 6.34. The number of halogens is 2. The van der Waals surface area contributed by atoms with Crippen molar-refractivity contribution in [3.05, 3.63) is 69.7 Å². The van der Waals surface area contributed by atoms with Gasteiger partial charge in [-0.05, 0) is 24.3 Å². The van der Waals surface area contributed by atoms with Gasteiger partial charge in [0.25, 0.3) is 0 Å². The number of rotatable bonds is 7. The summed E-state index contributed by atoms with van der Waals surface area (Å²) in [6.07, 6.45) is -4.65. The molecule has 146 valence electrons. The van der Waals surface area contributed by atoms with Crippen LogP contribution in [0.5, 0.6) is 0 Å². The van der Waals surface area contributed by atoms with Crippen LogP contribution in [0.1, 0.15) is 20.7 Å². The normalized spacial score (nSPS) is 12.5. The number of hydrogen-bond donors (Lipinski definition) is 2. The molecule has 0 saturated heterocycles. The molecule has 0 bridgehead atoms. The third-order valence-corrected chi connectivity index (χ3v) is 4.08. The minimum absolute atomic E-state index is 0.0309. The van der Waals surface area contributed by atoms with Crippen LogP contribution in [0.2, 0.25) is 10.0 Å². The second-order valence-electron chi connectivity index (χ2n) is 5.29. The van der Waals surface area contributed by atoms with Crippen LogP contribution in [0.4, 0.5) is 0 Å². The van der Waals surface area contributed by atoms with Crippen LogP contribution in [-0.4, -0.2) is 46.3 Å². The van der Waals surface area contributed by atoms with Crippen LogP contribution in [0.15, 0.2) is 48.5 Å². The summed E-state index contributed by atoms with van der Waals surface area (Å²) in [7, 11) is 0. The zero-order chi connectivity index (χ0) is 20.8. The lowest BCUT2D eigenvalue weighted by molar-refractivity contribution is -0.166. The van der Waals surface area contributed by atoms with E-state index >= 15 is 0 Å². The van der Waals surface area contributed by atoms with Gasteiger partial charge in [0, 0.05) is 0 Å². The smallest absolute Gasteiger partial charge is 0.349 e. The number of carboxylic acids is 2. The molecular weight excluding hydrogens is 415 g/mol. The van der Waals surface area contributed by atoms with Gasteiger partial charge in [0.15, 0.2) is 0 Å². The fourth-order valence-corrected chi connectivity index (χ4v) is 2.52. The molecule has 2 atom stereocenters. The van der Waals surface area contributed by atoms with Gasteiger partial charge in [-0.3, -0.25) is 0 Å². The standard InChI is InChI=1S/C18H12Cl2O8/c19-11-7-3-1-5-9(11)17(25)27-13(15(21)22)14(16(23)24)28-18(26)10-6-2-4-8-12(10)20/h1-8,13-14H,(H,21,22)(H,23,24). The van der Waals surface area contributed by atoms with Gasteiger partial charge in [0.2, 0.25) is 12.2 Å². The summed E-state index contributed by atoms with van der Waals surface area (Å²) < 4.78 is 9.51. The predicted octanol–water partition coefficient (Wildman–Crippen LogP) is 2.91. The molecule has 2 aromatic rings. The second kappa shape index (κ2) is 9.20. The molecule has 0 heterocycles. The highest BCUT2D eigenvalue weighted by Crippen LogP contribution is 2.20. The van der Waals surface area contributed by atoms with Crippen LogP contribution in [0, 0.1) is 0 Å². The lowest BCUT2D eigenvalue weighted by Crippen LogP contribution is -2.45. The third-order valence-electron chi connectivity index (χ3n) is 3.42. The van der Waals surface area contributed by atoms with Crippen LogP contribution < -0.4 is 0 Å². The molecule has 0 amide bonds. The van der Waals surface area contributed by atoms with E-state index < -0.39 is 36.1 Å². The van der Waals surface area contributed by atoms with E-state index in [1.54, 1.807) is 0 Å². The molecule has 8 nitrogen and oxygen atoms in total. The van der Waals surface area contributed by atoms with Gasteiger partial charge in [0.1, 0.15) is 0 Å². The molecular formula is C18H12Cl2O8. The summed E-state index contributed by atoms with van der Waals surface area (Å²) in [5, 5.41) is 18.5. The number of carbonyl (C=O) groups excluding carboxylic acids is 2. The molecule has 0 aliphatic rings. The number of carboxylic acid groups (broad SMARTS) is 2. The van der Waals surface area contributed by atoms with Crippen molar-refractivity contribution in [2.45, 2.75) is 12.2 Å². The van der Waals surface area contributed by atoms with Crippen molar-refractivity contribution in [2.75, 3.05) is 0 Å². The van der Waals surface area contributed by atoms with E-state index in [1.165, 1.54) is 48.5 Å². The van der Waals surface area contributed by atoms with Crippen LogP contribution in [0.25, 0.3) is 0 Å². The molecule has 0 aliphatic carbocycles. The first-order valence-corrected chi connectivity index (χ1v) is 8.34. The Morgan fingerprint density at radius 2 is 1.00 bits per heavy atom. The summed E-state index contributed by atoms with van der Waals surface area (Å²) >= 11 is 11.7. The summed E-state index contributed by atoms with van der Waals surface area (Å²) in [6.45, 7) is 0. The van der Waals surface area contributed by atoms with E-state index in [9.17, 15) is 29.4 Å². The molecule has 2 rings (SSSR count). The zero-order valence-electron chi connectivity index (χ0n) is 13.9. The maximum atomic E-state index is 12.2. The Morgan fingerprint density at radius 1 is 0.679 bits per heavy atom. The molecule has 2 aromatic carbocycles. The molecule has 0 spiro atoms. The van der Waals surface area contributed by atoms with Crippen LogP contribution >= 0.6 is 23.2 Å². The highest BCUT2D eigenvalue weighted by atomic mass is 35.5. The first kappa shape index (κ1) is 21.2. The number of esters is 2. The van der Waals surface area contributed by atoms with E-state index in [-0.39, 0.29) is 21.2 Å². The van der Waals surface area contributed by atoms with Crippen molar-refractivity contribution in [3.63, 3.8) is 0 Å². The van der Waals surface area contributed by atoms with Gasteiger partial charge in [-0.1, -0.05) is 47.5 Å². The molecule has 0 fully saturated rings. The largest absolute Gasteiger partial charge is 0.478 e. The lowest BCUT2D eigenvalue weighted by atomic mass is 10.1. The summed E-state index contributed by atoms with van der Waals surface area (Å²) in [6, 6.07) is 11.2. The van der Waals surface area contributed by atoms with Crippen molar-refractivity contribution in [2.24, 2.45) is 0 Å². The Bertz CT molecular complexity index is 852. The minimum Gasteiger partial charge on any atom is -0.478 e. The maximum Gasteiger partial charge on any atom is 0.349 e. The molecule has 0 aliphatic heterocycles. The number of benzene rings is 2. The van der Waals surface area contributed by atoms with Gasteiger partial charge in [-0.25, -0.2) is 19.2 Å². The van der Waals surface area contributed by atoms with Gasteiger partial charge in [-0.15, -0.1) is 0 Å². The topological polar surface area (TPSA) is 127 Å². The van der Waals surface area contributed by atoms with Crippen molar-refractivity contribution in [1.82, 2.24) is 0 Å². The second-order valence-corrected chi connectivity index (χ2v) is 6.10. The summed E-state index contributed by atoms with van der Waals surface area (Å²) in [5.74, 6) is -6.06. The average Bonchev–Trinajstić information content (AvgIpc) is 2.64. The molecule has 0 radical (unpaired) electrons. The minimum atomic E-state index is -2.33.